The van der Waals surface area contributed by atoms with E-state index in [4.69, 9.17) is 9.47 Å². The second-order valence-corrected chi connectivity index (χ2v) is 8.83. The van der Waals surface area contributed by atoms with Crippen LogP contribution in [0.3, 0.4) is 0 Å². The van der Waals surface area contributed by atoms with Crippen molar-refractivity contribution in [2.75, 3.05) is 33.3 Å². The Morgan fingerprint density at radius 2 is 1.90 bits per heavy atom. The van der Waals surface area contributed by atoms with E-state index in [2.05, 4.69) is 10.2 Å². The number of rotatable bonds is 8. The Labute approximate surface area is 180 Å². The van der Waals surface area contributed by atoms with Crippen LogP contribution in [-0.2, 0) is 16.1 Å². The summed E-state index contributed by atoms with van der Waals surface area (Å²) in [5.41, 5.74) is 0.548. The lowest BCUT2D eigenvalue weighted by Crippen LogP contribution is -2.50. The maximum absolute atomic E-state index is 12.8. The fourth-order valence-electron chi connectivity index (χ4n) is 3.53. The number of likely N-dealkylation sites (N-methyl/N-ethyl adjacent to an activating group) is 1. The number of nitrogens with zero attached hydrogens (tertiary/aromatic N) is 2. The fourth-order valence-corrected chi connectivity index (χ4v) is 3.53. The van der Waals surface area contributed by atoms with Crippen LogP contribution in [0, 0.1) is 0 Å². The molecule has 30 heavy (non-hydrogen) atoms. The molecule has 1 saturated heterocycles. The van der Waals surface area contributed by atoms with Crippen molar-refractivity contribution < 1.29 is 19.1 Å². The third-order valence-corrected chi connectivity index (χ3v) is 5.05. The summed E-state index contributed by atoms with van der Waals surface area (Å²) in [6.07, 6.45) is 2.73. The average molecular weight is 420 g/mol. The predicted molar refractivity (Wildman–Crippen MR) is 118 cm³/mol. The monoisotopic (exact) mass is 419 g/mol. The molecule has 2 rings (SSSR count). The van der Waals surface area contributed by atoms with Crippen LogP contribution in [-0.4, -0.2) is 66.7 Å². The summed E-state index contributed by atoms with van der Waals surface area (Å²) in [5.74, 6) is 0.914. The highest BCUT2D eigenvalue weighted by Gasteiger charge is 2.26. The number of carbonyl (C=O) groups excluding carboxylic acids is 2. The van der Waals surface area contributed by atoms with Crippen molar-refractivity contribution in [2.24, 2.45) is 0 Å². The predicted octanol–water partition coefficient (Wildman–Crippen LogP) is 3.42. The molecule has 2 amide bonds. The number of amides is 2. The molecule has 0 aromatic heterocycles. The molecule has 0 bridgehead atoms. The minimum absolute atomic E-state index is 0.0769. The molecule has 1 aromatic carbocycles. The molecule has 0 aliphatic carbocycles. The quantitative estimate of drug-likeness (QED) is 0.699. The summed E-state index contributed by atoms with van der Waals surface area (Å²) in [7, 11) is 1.83. The summed E-state index contributed by atoms with van der Waals surface area (Å²) in [4.78, 5) is 28.7. The van der Waals surface area contributed by atoms with Gasteiger partial charge in [0.1, 0.15) is 11.4 Å². The second kappa shape index (κ2) is 11.2. The van der Waals surface area contributed by atoms with Crippen LogP contribution in [0.25, 0.3) is 0 Å². The van der Waals surface area contributed by atoms with E-state index in [1.54, 1.807) is 4.90 Å². The van der Waals surface area contributed by atoms with E-state index in [-0.39, 0.29) is 11.9 Å². The van der Waals surface area contributed by atoms with Crippen LogP contribution in [0.4, 0.5) is 4.79 Å². The lowest BCUT2D eigenvalue weighted by atomic mass is 10.0. The molecule has 1 fully saturated rings. The van der Waals surface area contributed by atoms with Crippen LogP contribution in [0.5, 0.6) is 5.75 Å². The highest BCUT2D eigenvalue weighted by molar-refractivity contribution is 5.78. The Balaban J connectivity index is 1.85. The van der Waals surface area contributed by atoms with E-state index in [0.717, 1.165) is 37.1 Å². The number of piperidine rings is 1. The molecule has 1 aliphatic rings. The van der Waals surface area contributed by atoms with E-state index >= 15 is 0 Å². The highest BCUT2D eigenvalue weighted by Crippen LogP contribution is 2.18. The Morgan fingerprint density at radius 1 is 1.20 bits per heavy atom. The second-order valence-electron chi connectivity index (χ2n) is 8.83. The Hall–Kier alpha value is -2.28. The number of benzene rings is 1. The molecular formula is C23H37N3O4. The van der Waals surface area contributed by atoms with Gasteiger partial charge in [-0.1, -0.05) is 18.6 Å². The van der Waals surface area contributed by atoms with Crippen LogP contribution in [0.1, 0.15) is 52.5 Å². The first-order valence-electron chi connectivity index (χ1n) is 10.8. The molecule has 1 atom stereocenters. The number of carbonyl (C=O) groups is 2. The van der Waals surface area contributed by atoms with Crippen molar-refractivity contribution in [3.63, 3.8) is 0 Å². The van der Waals surface area contributed by atoms with Gasteiger partial charge < -0.3 is 19.7 Å². The van der Waals surface area contributed by atoms with Gasteiger partial charge in [-0.25, -0.2) is 4.79 Å². The maximum Gasteiger partial charge on any atom is 0.407 e. The molecule has 7 nitrogen and oxygen atoms in total. The van der Waals surface area contributed by atoms with Crippen molar-refractivity contribution in [1.29, 1.82) is 0 Å². The fraction of sp³-hybridized carbons (Fsp3) is 0.652. The van der Waals surface area contributed by atoms with Crippen LogP contribution in [0.15, 0.2) is 24.3 Å². The smallest absolute Gasteiger partial charge is 0.407 e. The van der Waals surface area contributed by atoms with E-state index < -0.39 is 11.7 Å². The van der Waals surface area contributed by atoms with Gasteiger partial charge in [-0.3, -0.25) is 9.69 Å². The van der Waals surface area contributed by atoms with Gasteiger partial charge in [0.25, 0.3) is 0 Å². The average Bonchev–Trinajstić information content (AvgIpc) is 2.67. The molecule has 1 unspecified atom stereocenters. The van der Waals surface area contributed by atoms with Gasteiger partial charge in [0.2, 0.25) is 5.91 Å². The third-order valence-electron chi connectivity index (χ3n) is 5.05. The van der Waals surface area contributed by atoms with Gasteiger partial charge in [-0.15, -0.1) is 0 Å². The van der Waals surface area contributed by atoms with Crippen LogP contribution in [0.2, 0.25) is 0 Å². The van der Waals surface area contributed by atoms with Crippen molar-refractivity contribution in [3.8, 4) is 5.75 Å². The van der Waals surface area contributed by atoms with Gasteiger partial charge in [-0.2, -0.15) is 0 Å². The largest absolute Gasteiger partial charge is 0.494 e. The van der Waals surface area contributed by atoms with E-state index in [9.17, 15) is 9.59 Å². The van der Waals surface area contributed by atoms with E-state index in [1.807, 2.05) is 59.0 Å². The molecular weight excluding hydrogens is 382 g/mol. The summed E-state index contributed by atoms with van der Waals surface area (Å²) in [5, 5.41) is 2.86. The van der Waals surface area contributed by atoms with Crippen molar-refractivity contribution in [3.05, 3.63) is 29.8 Å². The third kappa shape index (κ3) is 8.22. The summed E-state index contributed by atoms with van der Waals surface area (Å²) >= 11 is 0. The zero-order valence-corrected chi connectivity index (χ0v) is 19.1. The molecule has 0 spiro atoms. The molecule has 1 N–H and O–H groups in total. The van der Waals surface area contributed by atoms with Gasteiger partial charge in [0.15, 0.2) is 0 Å². The van der Waals surface area contributed by atoms with Crippen molar-refractivity contribution >= 4 is 12.0 Å². The molecule has 1 aromatic rings. The van der Waals surface area contributed by atoms with Gasteiger partial charge in [-0.05, 0) is 64.8 Å². The number of hydrogen-bond acceptors (Lipinski definition) is 5. The van der Waals surface area contributed by atoms with E-state index in [0.29, 0.717) is 26.2 Å². The van der Waals surface area contributed by atoms with Gasteiger partial charge in [0, 0.05) is 26.2 Å². The SMILES string of the molecule is CCOc1ccc(CN(C)C(=O)CN2CCCCC2CNC(=O)OC(C)(C)C)cc1. The Morgan fingerprint density at radius 3 is 2.53 bits per heavy atom. The first kappa shape index (κ1) is 24.0. The van der Waals surface area contributed by atoms with Crippen molar-refractivity contribution in [1.82, 2.24) is 15.1 Å². The van der Waals surface area contributed by atoms with Crippen LogP contribution < -0.4 is 10.1 Å². The molecule has 0 saturated carbocycles. The molecule has 7 heteroatoms. The Kier molecular flexibility index (Phi) is 8.96. The molecule has 1 heterocycles. The maximum atomic E-state index is 12.8. The minimum Gasteiger partial charge on any atom is -0.494 e. The zero-order valence-electron chi connectivity index (χ0n) is 19.1. The lowest BCUT2D eigenvalue weighted by molar-refractivity contribution is -0.132. The topological polar surface area (TPSA) is 71.1 Å². The van der Waals surface area contributed by atoms with Gasteiger partial charge >= 0.3 is 6.09 Å². The molecule has 0 radical (unpaired) electrons. The number of ether oxygens (including phenoxy) is 2. The molecule has 168 valence electrons. The number of hydrogen-bond donors (Lipinski definition) is 1. The van der Waals surface area contributed by atoms with Gasteiger partial charge in [0.05, 0.1) is 13.2 Å². The number of alkyl carbamates (subject to hydrolysis) is 1. The number of likely N-dealkylation sites (tertiary alicyclic amines) is 1. The highest BCUT2D eigenvalue weighted by atomic mass is 16.6. The van der Waals surface area contributed by atoms with Crippen LogP contribution >= 0.6 is 0 Å². The summed E-state index contributed by atoms with van der Waals surface area (Å²) in [6, 6.07) is 7.99. The number of nitrogens with one attached hydrogen (secondary N) is 1. The normalized spacial score (nSPS) is 17.3. The summed E-state index contributed by atoms with van der Waals surface area (Å²) < 4.78 is 10.8. The Bertz CT molecular complexity index is 685. The lowest BCUT2D eigenvalue weighted by Gasteiger charge is -2.36. The molecule has 1 aliphatic heterocycles. The summed E-state index contributed by atoms with van der Waals surface area (Å²) in [6.45, 7) is 10.4. The van der Waals surface area contributed by atoms with Crippen molar-refractivity contribution in [2.45, 2.75) is 65.1 Å². The first-order chi connectivity index (χ1) is 14.2. The minimum atomic E-state index is -0.518. The standard InChI is InChI=1S/C23H37N3O4/c1-6-29-20-12-10-18(11-13-20)16-25(5)21(27)17-26-14-8-7-9-19(26)15-24-22(28)30-23(2,3)4/h10-13,19H,6-9,14-17H2,1-5H3,(H,24,28). The zero-order chi connectivity index (χ0) is 22.1. The first-order valence-corrected chi connectivity index (χ1v) is 10.8. The van der Waals surface area contributed by atoms with E-state index in [1.165, 1.54) is 0 Å².